The van der Waals surface area contributed by atoms with E-state index in [2.05, 4.69) is 9.47 Å². The van der Waals surface area contributed by atoms with E-state index in [1.807, 2.05) is 0 Å². The first-order chi connectivity index (χ1) is 8.76. The summed E-state index contributed by atoms with van der Waals surface area (Å²) in [6.07, 6.45) is 0. The van der Waals surface area contributed by atoms with E-state index in [1.165, 1.54) is 6.92 Å². The largest absolute Gasteiger partial charge is 0.392 e. The molecule has 0 amide bonds. The molecule has 0 spiro atoms. The summed E-state index contributed by atoms with van der Waals surface area (Å²) in [5, 5.41) is 0. The van der Waals surface area contributed by atoms with E-state index in [4.69, 9.17) is 0 Å². The van der Waals surface area contributed by atoms with Crippen molar-refractivity contribution < 1.29 is 28.7 Å². The lowest BCUT2D eigenvalue weighted by molar-refractivity contribution is -0.175. The summed E-state index contributed by atoms with van der Waals surface area (Å²) in [5.41, 5.74) is -1.72. The zero-order valence-corrected chi connectivity index (χ0v) is 13.0. The standard InChI is InChI=1S/C14H22O6/c1-8(9(15)19-11(17)13(2,3)4)10(16)20-12(18)14(5,6)7/h8H,1-7H3. The van der Waals surface area contributed by atoms with Gasteiger partial charge >= 0.3 is 23.9 Å². The normalized spacial score (nSPS) is 12.0. The van der Waals surface area contributed by atoms with Gasteiger partial charge in [0.05, 0.1) is 10.8 Å². The van der Waals surface area contributed by atoms with Gasteiger partial charge in [-0.05, 0) is 48.5 Å². The van der Waals surface area contributed by atoms with Gasteiger partial charge in [-0.3, -0.25) is 19.2 Å². The Morgan fingerprint density at radius 1 is 0.700 bits per heavy atom. The van der Waals surface area contributed by atoms with Gasteiger partial charge in [0.15, 0.2) is 5.92 Å². The van der Waals surface area contributed by atoms with Crippen molar-refractivity contribution in [2.24, 2.45) is 16.7 Å². The summed E-state index contributed by atoms with van der Waals surface area (Å²) in [5.74, 6) is -4.89. The molecule has 114 valence electrons. The van der Waals surface area contributed by atoms with E-state index < -0.39 is 40.6 Å². The van der Waals surface area contributed by atoms with E-state index >= 15 is 0 Å². The Bertz CT molecular complexity index is 382. The maximum absolute atomic E-state index is 11.6. The first-order valence-electron chi connectivity index (χ1n) is 6.29. The molecule has 0 aliphatic rings. The number of carbonyl (C=O) groups is 4. The molecule has 0 radical (unpaired) electrons. The van der Waals surface area contributed by atoms with E-state index in [0.717, 1.165) is 0 Å². The number of carbonyl (C=O) groups excluding carboxylic acids is 4. The van der Waals surface area contributed by atoms with Gasteiger partial charge < -0.3 is 9.47 Å². The average Bonchev–Trinajstić information content (AvgIpc) is 2.24. The summed E-state index contributed by atoms with van der Waals surface area (Å²) >= 11 is 0. The lowest BCUT2D eigenvalue weighted by Crippen LogP contribution is -2.34. The van der Waals surface area contributed by atoms with Crippen molar-refractivity contribution in [3.8, 4) is 0 Å². The quantitative estimate of drug-likeness (QED) is 0.568. The number of esters is 4. The van der Waals surface area contributed by atoms with Gasteiger partial charge in [-0.15, -0.1) is 0 Å². The maximum atomic E-state index is 11.6. The average molecular weight is 286 g/mol. The van der Waals surface area contributed by atoms with Crippen molar-refractivity contribution in [1.29, 1.82) is 0 Å². The van der Waals surface area contributed by atoms with Gasteiger partial charge in [0.25, 0.3) is 0 Å². The van der Waals surface area contributed by atoms with Gasteiger partial charge in [0, 0.05) is 0 Å². The second-order valence-electron chi connectivity index (χ2n) is 6.64. The van der Waals surface area contributed by atoms with Gasteiger partial charge in [-0.25, -0.2) is 0 Å². The third kappa shape index (κ3) is 5.50. The predicted octanol–water partition coefficient (Wildman–Crippen LogP) is 1.85. The monoisotopic (exact) mass is 286 g/mol. The summed E-state index contributed by atoms with van der Waals surface area (Å²) in [6, 6.07) is 0. The highest BCUT2D eigenvalue weighted by molar-refractivity contribution is 6.02. The van der Waals surface area contributed by atoms with Crippen molar-refractivity contribution in [2.45, 2.75) is 48.5 Å². The summed E-state index contributed by atoms with van der Waals surface area (Å²) in [7, 11) is 0. The lowest BCUT2D eigenvalue weighted by Gasteiger charge is -2.18. The first-order valence-corrected chi connectivity index (χ1v) is 6.29. The highest BCUT2D eigenvalue weighted by atomic mass is 16.6. The molecule has 0 aliphatic heterocycles. The minimum absolute atomic E-state index is 0.746. The molecule has 6 heteroatoms. The van der Waals surface area contributed by atoms with Crippen molar-refractivity contribution >= 4 is 23.9 Å². The highest BCUT2D eigenvalue weighted by Gasteiger charge is 2.34. The fourth-order valence-electron chi connectivity index (χ4n) is 0.762. The van der Waals surface area contributed by atoms with E-state index in [0.29, 0.717) is 0 Å². The number of rotatable bonds is 2. The minimum Gasteiger partial charge on any atom is -0.392 e. The van der Waals surface area contributed by atoms with Crippen LogP contribution in [0.25, 0.3) is 0 Å². The molecule has 6 nitrogen and oxygen atoms in total. The maximum Gasteiger partial charge on any atom is 0.327 e. The molecule has 0 aromatic rings. The first kappa shape index (κ1) is 18.3. The van der Waals surface area contributed by atoms with Gasteiger partial charge in [-0.1, -0.05) is 0 Å². The van der Waals surface area contributed by atoms with Gasteiger partial charge in [0.2, 0.25) is 0 Å². The van der Waals surface area contributed by atoms with Crippen LogP contribution in [0.2, 0.25) is 0 Å². The Hall–Kier alpha value is -1.72. The number of hydrogen-bond donors (Lipinski definition) is 0. The molecule has 0 aliphatic carbocycles. The zero-order valence-electron chi connectivity index (χ0n) is 13.0. The zero-order chi connectivity index (χ0) is 16.3. The molecule has 0 atom stereocenters. The van der Waals surface area contributed by atoms with Gasteiger partial charge in [-0.2, -0.15) is 0 Å². The van der Waals surface area contributed by atoms with Crippen molar-refractivity contribution in [3.05, 3.63) is 0 Å². The van der Waals surface area contributed by atoms with Crippen LogP contribution in [0.3, 0.4) is 0 Å². The SMILES string of the molecule is CC(C(=O)OC(=O)C(C)(C)C)C(=O)OC(=O)C(C)(C)C. The van der Waals surface area contributed by atoms with E-state index in [-0.39, 0.29) is 0 Å². The second kappa shape index (κ2) is 6.15. The third-order valence-electron chi connectivity index (χ3n) is 2.32. The molecular formula is C14H22O6. The number of hydrogen-bond acceptors (Lipinski definition) is 6. The topological polar surface area (TPSA) is 86.7 Å². The molecule has 0 fully saturated rings. The van der Waals surface area contributed by atoms with Gasteiger partial charge in [0.1, 0.15) is 0 Å². The Kier molecular flexibility index (Phi) is 5.62. The Morgan fingerprint density at radius 2 is 0.950 bits per heavy atom. The molecule has 0 heterocycles. The van der Waals surface area contributed by atoms with Crippen LogP contribution in [-0.4, -0.2) is 23.9 Å². The van der Waals surface area contributed by atoms with Crippen LogP contribution < -0.4 is 0 Å². The molecule has 0 saturated carbocycles. The van der Waals surface area contributed by atoms with Crippen LogP contribution in [0.5, 0.6) is 0 Å². The van der Waals surface area contributed by atoms with Crippen LogP contribution in [-0.2, 0) is 28.7 Å². The molecule has 20 heavy (non-hydrogen) atoms. The molecule has 0 N–H and O–H groups in total. The molecule has 0 bridgehead atoms. The van der Waals surface area contributed by atoms with E-state index in [1.54, 1.807) is 41.5 Å². The smallest absolute Gasteiger partial charge is 0.327 e. The van der Waals surface area contributed by atoms with Crippen molar-refractivity contribution in [1.82, 2.24) is 0 Å². The Balaban J connectivity index is 4.64. The fraction of sp³-hybridized carbons (Fsp3) is 0.714. The molecule has 0 rings (SSSR count). The molecule has 0 aromatic carbocycles. The van der Waals surface area contributed by atoms with Crippen molar-refractivity contribution in [2.75, 3.05) is 0 Å². The van der Waals surface area contributed by atoms with Crippen LogP contribution in [0.15, 0.2) is 0 Å². The second-order valence-corrected chi connectivity index (χ2v) is 6.64. The molecule has 0 aromatic heterocycles. The summed E-state index contributed by atoms with van der Waals surface area (Å²) < 4.78 is 9.15. The van der Waals surface area contributed by atoms with Crippen LogP contribution in [0.1, 0.15) is 48.5 Å². The third-order valence-corrected chi connectivity index (χ3v) is 2.32. The highest BCUT2D eigenvalue weighted by Crippen LogP contribution is 2.18. The summed E-state index contributed by atoms with van der Waals surface area (Å²) in [4.78, 5) is 46.3. The van der Waals surface area contributed by atoms with Crippen LogP contribution in [0, 0.1) is 16.7 Å². The number of ether oxygens (including phenoxy) is 2. The minimum atomic E-state index is -1.34. The van der Waals surface area contributed by atoms with Crippen LogP contribution in [0.4, 0.5) is 0 Å². The predicted molar refractivity (Wildman–Crippen MR) is 70.3 cm³/mol. The molecular weight excluding hydrogens is 264 g/mol. The van der Waals surface area contributed by atoms with Crippen LogP contribution >= 0.6 is 0 Å². The van der Waals surface area contributed by atoms with E-state index in [9.17, 15) is 19.2 Å². The fourth-order valence-corrected chi connectivity index (χ4v) is 0.762. The Morgan fingerprint density at radius 3 is 1.15 bits per heavy atom. The molecule has 0 saturated heterocycles. The summed E-state index contributed by atoms with van der Waals surface area (Å²) in [6.45, 7) is 10.7. The Labute approximate surface area is 118 Å². The lowest BCUT2D eigenvalue weighted by atomic mass is 9.97. The molecule has 0 unspecified atom stereocenters. The van der Waals surface area contributed by atoms with Crippen molar-refractivity contribution in [3.63, 3.8) is 0 Å².